The maximum Gasteiger partial charge on any atom is 0.159 e. The second kappa shape index (κ2) is 5.26. The maximum atomic E-state index is 13.5. The first-order valence-electron chi connectivity index (χ1n) is 6.74. The number of hydrogen-bond acceptors (Lipinski definition) is 2. The van der Waals surface area contributed by atoms with Crippen LogP contribution in [0.25, 0.3) is 22.4 Å². The van der Waals surface area contributed by atoms with Crippen molar-refractivity contribution in [2.75, 3.05) is 6.54 Å². The Morgan fingerprint density at radius 3 is 2.62 bits per heavy atom. The number of benzene rings is 2. The van der Waals surface area contributed by atoms with Crippen LogP contribution in [0.4, 0.5) is 8.78 Å². The molecule has 0 aliphatic carbocycles. The minimum absolute atomic E-state index is 0.000476. The summed E-state index contributed by atoms with van der Waals surface area (Å²) in [5, 5.41) is 0. The fourth-order valence-corrected chi connectivity index (χ4v) is 2.43. The van der Waals surface area contributed by atoms with Crippen LogP contribution in [-0.4, -0.2) is 16.1 Å². The lowest BCUT2D eigenvalue weighted by Gasteiger charge is -2.16. The molecule has 0 fully saturated rings. The van der Waals surface area contributed by atoms with E-state index < -0.39 is 11.6 Å². The second-order valence-corrected chi connectivity index (χ2v) is 5.01. The van der Waals surface area contributed by atoms with Crippen molar-refractivity contribution in [3.05, 3.63) is 54.1 Å². The van der Waals surface area contributed by atoms with Gasteiger partial charge in [0.2, 0.25) is 0 Å². The molecule has 108 valence electrons. The van der Waals surface area contributed by atoms with Gasteiger partial charge in [0.15, 0.2) is 11.6 Å². The first-order valence-corrected chi connectivity index (χ1v) is 6.74. The van der Waals surface area contributed by atoms with Crippen LogP contribution in [0.3, 0.4) is 0 Å². The monoisotopic (exact) mass is 287 g/mol. The molecular formula is C16H15F2N3. The number of nitrogens with zero attached hydrogens (tertiary/aromatic N) is 2. The highest BCUT2D eigenvalue weighted by Crippen LogP contribution is 2.28. The lowest BCUT2D eigenvalue weighted by Crippen LogP contribution is -2.16. The van der Waals surface area contributed by atoms with Gasteiger partial charge < -0.3 is 10.3 Å². The lowest BCUT2D eigenvalue weighted by molar-refractivity contribution is 0.508. The Morgan fingerprint density at radius 1 is 1.14 bits per heavy atom. The fourth-order valence-electron chi connectivity index (χ4n) is 2.43. The molecule has 1 atom stereocenters. The molecule has 1 aromatic heterocycles. The van der Waals surface area contributed by atoms with Gasteiger partial charge in [-0.25, -0.2) is 13.8 Å². The van der Waals surface area contributed by atoms with Crippen LogP contribution >= 0.6 is 0 Å². The highest BCUT2D eigenvalue weighted by molar-refractivity contribution is 5.80. The van der Waals surface area contributed by atoms with Crippen molar-refractivity contribution >= 4 is 11.0 Å². The third-order valence-corrected chi connectivity index (χ3v) is 3.56. The number of hydrogen-bond donors (Lipinski definition) is 1. The topological polar surface area (TPSA) is 43.8 Å². The van der Waals surface area contributed by atoms with Crippen molar-refractivity contribution in [1.29, 1.82) is 0 Å². The normalized spacial score (nSPS) is 12.8. The van der Waals surface area contributed by atoms with E-state index in [-0.39, 0.29) is 6.04 Å². The summed E-state index contributed by atoms with van der Waals surface area (Å²) >= 11 is 0. The smallest absolute Gasteiger partial charge is 0.159 e. The molecule has 21 heavy (non-hydrogen) atoms. The van der Waals surface area contributed by atoms with E-state index >= 15 is 0 Å². The highest BCUT2D eigenvalue weighted by Gasteiger charge is 2.17. The van der Waals surface area contributed by atoms with Crippen molar-refractivity contribution in [3.63, 3.8) is 0 Å². The predicted molar refractivity (Wildman–Crippen MR) is 78.9 cm³/mol. The van der Waals surface area contributed by atoms with Crippen molar-refractivity contribution < 1.29 is 8.78 Å². The van der Waals surface area contributed by atoms with Gasteiger partial charge in [0.05, 0.1) is 11.0 Å². The third kappa shape index (κ3) is 2.29. The molecule has 1 heterocycles. The third-order valence-electron chi connectivity index (χ3n) is 3.56. The minimum Gasteiger partial charge on any atom is -0.328 e. The van der Waals surface area contributed by atoms with Crippen LogP contribution in [0.5, 0.6) is 0 Å². The first-order chi connectivity index (χ1) is 10.1. The van der Waals surface area contributed by atoms with Crippen LogP contribution in [0, 0.1) is 11.6 Å². The SMILES string of the molecule is CC(CN)n1c(-c2ccc(F)c(F)c2)nc2ccccc21. The number of rotatable bonds is 3. The maximum absolute atomic E-state index is 13.5. The molecule has 0 radical (unpaired) electrons. The lowest BCUT2D eigenvalue weighted by atomic mass is 10.2. The van der Waals surface area contributed by atoms with E-state index in [9.17, 15) is 8.78 Å². The molecule has 3 rings (SSSR count). The molecule has 1 unspecified atom stereocenters. The summed E-state index contributed by atoms with van der Waals surface area (Å²) < 4.78 is 28.6. The number of imidazole rings is 1. The van der Waals surface area contributed by atoms with Crippen LogP contribution in [-0.2, 0) is 0 Å². The Bertz CT molecular complexity index is 795. The molecule has 3 aromatic rings. The number of para-hydroxylation sites is 2. The minimum atomic E-state index is -0.883. The van der Waals surface area contributed by atoms with E-state index in [4.69, 9.17) is 5.73 Å². The molecule has 0 aliphatic rings. The Labute approximate surface area is 121 Å². The van der Waals surface area contributed by atoms with E-state index in [1.165, 1.54) is 6.07 Å². The molecule has 2 aromatic carbocycles. The molecule has 5 heteroatoms. The van der Waals surface area contributed by atoms with Gasteiger partial charge in [0.25, 0.3) is 0 Å². The highest BCUT2D eigenvalue weighted by atomic mass is 19.2. The van der Waals surface area contributed by atoms with Crippen molar-refractivity contribution in [1.82, 2.24) is 9.55 Å². The summed E-state index contributed by atoms with van der Waals surface area (Å²) in [5.74, 6) is -1.16. The van der Waals surface area contributed by atoms with Crippen LogP contribution in [0.15, 0.2) is 42.5 Å². The molecule has 0 aliphatic heterocycles. The summed E-state index contributed by atoms with van der Waals surface area (Å²) in [7, 11) is 0. The Balaban J connectivity index is 2.28. The molecule has 0 saturated heterocycles. The Morgan fingerprint density at radius 2 is 1.90 bits per heavy atom. The van der Waals surface area contributed by atoms with Gasteiger partial charge in [-0.15, -0.1) is 0 Å². The predicted octanol–water partition coefficient (Wildman–Crippen LogP) is 3.50. The van der Waals surface area contributed by atoms with Crippen LogP contribution in [0.1, 0.15) is 13.0 Å². The van der Waals surface area contributed by atoms with Crippen LogP contribution < -0.4 is 5.73 Å². The van der Waals surface area contributed by atoms with E-state index in [2.05, 4.69) is 4.98 Å². The van der Waals surface area contributed by atoms with E-state index in [1.54, 1.807) is 0 Å². The summed E-state index contributed by atoms with van der Waals surface area (Å²) in [6.45, 7) is 2.40. The summed E-state index contributed by atoms with van der Waals surface area (Å²) in [6, 6.07) is 11.4. The van der Waals surface area contributed by atoms with Gasteiger partial charge in [0.1, 0.15) is 5.82 Å². The largest absolute Gasteiger partial charge is 0.328 e. The Kier molecular flexibility index (Phi) is 3.43. The van der Waals surface area contributed by atoms with Gasteiger partial charge in [-0.2, -0.15) is 0 Å². The molecule has 3 nitrogen and oxygen atoms in total. The number of nitrogens with two attached hydrogens (primary N) is 1. The van der Waals surface area contributed by atoms with E-state index in [0.717, 1.165) is 23.2 Å². The zero-order chi connectivity index (χ0) is 15.0. The summed E-state index contributed by atoms with van der Waals surface area (Å²) in [4.78, 5) is 4.54. The van der Waals surface area contributed by atoms with Gasteiger partial charge in [0, 0.05) is 18.2 Å². The molecule has 2 N–H and O–H groups in total. The number of fused-ring (bicyclic) bond motifs is 1. The average Bonchev–Trinajstić information content (AvgIpc) is 2.88. The molecule has 0 bridgehead atoms. The van der Waals surface area contributed by atoms with Gasteiger partial charge in [-0.3, -0.25) is 0 Å². The van der Waals surface area contributed by atoms with E-state index in [0.29, 0.717) is 17.9 Å². The summed E-state index contributed by atoms with van der Waals surface area (Å²) in [6.07, 6.45) is 0. The molecule has 0 saturated carbocycles. The fraction of sp³-hybridized carbons (Fsp3) is 0.188. The van der Waals surface area contributed by atoms with Crippen molar-refractivity contribution in [2.45, 2.75) is 13.0 Å². The van der Waals surface area contributed by atoms with Crippen molar-refractivity contribution in [3.8, 4) is 11.4 Å². The van der Waals surface area contributed by atoms with Crippen LogP contribution in [0.2, 0.25) is 0 Å². The number of aromatic nitrogens is 2. The average molecular weight is 287 g/mol. The van der Waals surface area contributed by atoms with Gasteiger partial charge >= 0.3 is 0 Å². The van der Waals surface area contributed by atoms with Gasteiger partial charge in [-0.1, -0.05) is 12.1 Å². The summed E-state index contributed by atoms with van der Waals surface area (Å²) in [5.41, 5.74) is 8.03. The zero-order valence-corrected chi connectivity index (χ0v) is 11.6. The second-order valence-electron chi connectivity index (χ2n) is 5.01. The molecule has 0 amide bonds. The quantitative estimate of drug-likeness (QED) is 0.801. The molecular weight excluding hydrogens is 272 g/mol. The van der Waals surface area contributed by atoms with Gasteiger partial charge in [-0.05, 0) is 37.3 Å². The first kappa shape index (κ1) is 13.7. The molecule has 0 spiro atoms. The Hall–Kier alpha value is -2.27. The zero-order valence-electron chi connectivity index (χ0n) is 11.6. The van der Waals surface area contributed by atoms with Crippen molar-refractivity contribution in [2.24, 2.45) is 5.73 Å². The number of halogens is 2. The van der Waals surface area contributed by atoms with E-state index in [1.807, 2.05) is 35.8 Å². The standard InChI is InChI=1S/C16H15F2N3/c1-10(9-19)21-15-5-3-2-4-14(15)20-16(21)11-6-7-12(17)13(18)8-11/h2-8,10H,9,19H2,1H3.